The largest absolute Gasteiger partial charge is 0.353 e. The van der Waals surface area contributed by atoms with Crippen molar-refractivity contribution in [3.8, 4) is 0 Å². The van der Waals surface area contributed by atoms with E-state index < -0.39 is 0 Å². The third-order valence-electron chi connectivity index (χ3n) is 3.89. The molecule has 1 saturated heterocycles. The first-order valence-electron chi connectivity index (χ1n) is 7.74. The summed E-state index contributed by atoms with van der Waals surface area (Å²) in [5.74, 6) is 0.185. The lowest BCUT2D eigenvalue weighted by Crippen LogP contribution is -2.51. The molecule has 1 aromatic rings. The summed E-state index contributed by atoms with van der Waals surface area (Å²) in [5, 5.41) is 6.69. The number of carbonyl (C=O) groups excluding carboxylic acids is 2. The molecule has 1 aliphatic heterocycles. The molecule has 2 heterocycles. The summed E-state index contributed by atoms with van der Waals surface area (Å²) in [6, 6.07) is 1.85. The summed E-state index contributed by atoms with van der Waals surface area (Å²) in [6.07, 6.45) is 0.921. The summed E-state index contributed by atoms with van der Waals surface area (Å²) in [7, 11) is 0. The maximum atomic E-state index is 12.2. The van der Waals surface area contributed by atoms with Gasteiger partial charge in [0.05, 0.1) is 12.2 Å². The Morgan fingerprint density at radius 2 is 2.05 bits per heavy atom. The lowest BCUT2D eigenvalue weighted by molar-refractivity contribution is -0.123. The molecule has 2 amide bonds. The van der Waals surface area contributed by atoms with Gasteiger partial charge < -0.3 is 14.7 Å². The summed E-state index contributed by atoms with van der Waals surface area (Å²) >= 11 is 0. The van der Waals surface area contributed by atoms with Gasteiger partial charge in [-0.05, 0) is 20.3 Å². The highest BCUT2D eigenvalue weighted by Crippen LogP contribution is 2.10. The molecule has 1 fully saturated rings. The van der Waals surface area contributed by atoms with Gasteiger partial charge >= 0.3 is 0 Å². The monoisotopic (exact) mass is 308 g/mol. The summed E-state index contributed by atoms with van der Waals surface area (Å²) in [5.41, 5.74) is 0.698. The fourth-order valence-electron chi connectivity index (χ4n) is 2.35. The van der Waals surface area contributed by atoms with Gasteiger partial charge in [0.25, 0.3) is 5.91 Å². The Hall–Kier alpha value is -1.89. The molecule has 7 heteroatoms. The minimum atomic E-state index is -0.135. The Bertz CT molecular complexity index is 521. The molecule has 1 atom stereocenters. The Morgan fingerprint density at radius 3 is 2.59 bits per heavy atom. The molecule has 1 aromatic heterocycles. The van der Waals surface area contributed by atoms with Crippen LogP contribution < -0.4 is 5.32 Å². The predicted octanol–water partition coefficient (Wildman–Crippen LogP) is 0.656. The number of hydrogen-bond acceptors (Lipinski definition) is 5. The molecule has 1 aliphatic rings. The van der Waals surface area contributed by atoms with E-state index in [4.69, 9.17) is 4.52 Å². The first kappa shape index (κ1) is 16.5. The van der Waals surface area contributed by atoms with Crippen LogP contribution in [0.3, 0.4) is 0 Å². The number of aryl methyl sites for hydroxylation is 1. The molecule has 1 N–H and O–H groups in total. The van der Waals surface area contributed by atoms with Crippen LogP contribution in [0.1, 0.15) is 36.5 Å². The Morgan fingerprint density at radius 1 is 1.36 bits per heavy atom. The van der Waals surface area contributed by atoms with Gasteiger partial charge in [-0.25, -0.2) is 0 Å². The maximum absolute atomic E-state index is 12.2. The molecular formula is C15H24N4O3. The fraction of sp³-hybridized carbons (Fsp3) is 0.667. The highest BCUT2D eigenvalue weighted by Gasteiger charge is 2.25. The Kier molecular flexibility index (Phi) is 5.54. The van der Waals surface area contributed by atoms with Crippen molar-refractivity contribution in [1.82, 2.24) is 20.3 Å². The van der Waals surface area contributed by atoms with Gasteiger partial charge in [-0.1, -0.05) is 12.1 Å². The SMILES string of the molecule is CCC(C)NC(=O)CN1CCN(C(=O)c2cc(C)no2)CC1. The molecular weight excluding hydrogens is 284 g/mol. The van der Waals surface area contributed by atoms with Crippen molar-refractivity contribution in [2.75, 3.05) is 32.7 Å². The molecule has 7 nitrogen and oxygen atoms in total. The van der Waals surface area contributed by atoms with Gasteiger partial charge in [0.15, 0.2) is 0 Å². The van der Waals surface area contributed by atoms with Gasteiger partial charge in [-0.15, -0.1) is 0 Å². The first-order chi connectivity index (χ1) is 10.5. The van der Waals surface area contributed by atoms with Crippen LogP contribution in [-0.2, 0) is 4.79 Å². The summed E-state index contributed by atoms with van der Waals surface area (Å²) in [6.45, 7) is 8.76. The van der Waals surface area contributed by atoms with Crippen molar-refractivity contribution < 1.29 is 14.1 Å². The molecule has 0 spiro atoms. The van der Waals surface area contributed by atoms with E-state index in [2.05, 4.69) is 15.4 Å². The molecule has 0 bridgehead atoms. The van der Waals surface area contributed by atoms with Crippen LogP contribution >= 0.6 is 0 Å². The van der Waals surface area contributed by atoms with Crippen molar-refractivity contribution in [2.24, 2.45) is 0 Å². The number of aromatic nitrogens is 1. The topological polar surface area (TPSA) is 78.7 Å². The van der Waals surface area contributed by atoms with Crippen LogP contribution in [0.5, 0.6) is 0 Å². The zero-order valence-electron chi connectivity index (χ0n) is 13.5. The molecule has 122 valence electrons. The van der Waals surface area contributed by atoms with Crippen LogP contribution in [-0.4, -0.2) is 65.5 Å². The van der Waals surface area contributed by atoms with E-state index in [1.165, 1.54) is 0 Å². The lowest BCUT2D eigenvalue weighted by atomic mass is 10.2. The standard InChI is InChI=1S/C15H24N4O3/c1-4-11(2)16-14(20)10-18-5-7-19(8-6-18)15(21)13-9-12(3)17-22-13/h9,11H,4-8,10H2,1-3H3,(H,16,20). The van der Waals surface area contributed by atoms with E-state index in [1.54, 1.807) is 17.9 Å². The van der Waals surface area contributed by atoms with E-state index >= 15 is 0 Å². The molecule has 0 saturated carbocycles. The molecule has 2 rings (SSSR count). The minimum Gasteiger partial charge on any atom is -0.353 e. The second kappa shape index (κ2) is 7.40. The highest BCUT2D eigenvalue weighted by atomic mass is 16.5. The lowest BCUT2D eigenvalue weighted by Gasteiger charge is -2.33. The van der Waals surface area contributed by atoms with Crippen LogP contribution in [0.15, 0.2) is 10.6 Å². The fourth-order valence-corrected chi connectivity index (χ4v) is 2.35. The van der Waals surface area contributed by atoms with Gasteiger partial charge in [0, 0.05) is 38.3 Å². The predicted molar refractivity (Wildman–Crippen MR) is 81.5 cm³/mol. The van der Waals surface area contributed by atoms with Crippen LogP contribution in [0.2, 0.25) is 0 Å². The molecule has 0 aromatic carbocycles. The average Bonchev–Trinajstić information content (AvgIpc) is 2.93. The first-order valence-corrected chi connectivity index (χ1v) is 7.74. The van der Waals surface area contributed by atoms with Gasteiger partial charge in [-0.3, -0.25) is 14.5 Å². The van der Waals surface area contributed by atoms with E-state index in [9.17, 15) is 9.59 Å². The van der Waals surface area contributed by atoms with Crippen molar-refractivity contribution >= 4 is 11.8 Å². The third-order valence-corrected chi connectivity index (χ3v) is 3.89. The van der Waals surface area contributed by atoms with E-state index in [0.717, 1.165) is 6.42 Å². The van der Waals surface area contributed by atoms with Crippen molar-refractivity contribution in [1.29, 1.82) is 0 Å². The summed E-state index contributed by atoms with van der Waals surface area (Å²) in [4.78, 5) is 27.9. The zero-order chi connectivity index (χ0) is 16.1. The Balaban J connectivity index is 1.78. The van der Waals surface area contributed by atoms with Gasteiger partial charge in [0.1, 0.15) is 0 Å². The van der Waals surface area contributed by atoms with E-state index in [1.807, 2.05) is 13.8 Å². The number of hydrogen-bond donors (Lipinski definition) is 1. The third kappa shape index (κ3) is 4.30. The number of nitrogens with one attached hydrogen (secondary N) is 1. The quantitative estimate of drug-likeness (QED) is 0.864. The number of rotatable bonds is 5. The van der Waals surface area contributed by atoms with Crippen LogP contribution in [0.25, 0.3) is 0 Å². The zero-order valence-corrected chi connectivity index (χ0v) is 13.5. The van der Waals surface area contributed by atoms with Crippen LogP contribution in [0.4, 0.5) is 0 Å². The van der Waals surface area contributed by atoms with E-state index in [-0.39, 0.29) is 23.6 Å². The van der Waals surface area contributed by atoms with E-state index in [0.29, 0.717) is 38.4 Å². The second-order valence-electron chi connectivity index (χ2n) is 5.78. The minimum absolute atomic E-state index is 0.0417. The number of amides is 2. The molecule has 0 radical (unpaired) electrons. The normalized spacial score (nSPS) is 17.3. The maximum Gasteiger partial charge on any atom is 0.292 e. The molecule has 0 aliphatic carbocycles. The van der Waals surface area contributed by atoms with Gasteiger partial charge in [0.2, 0.25) is 11.7 Å². The Labute approximate surface area is 130 Å². The highest BCUT2D eigenvalue weighted by molar-refractivity contribution is 5.91. The smallest absolute Gasteiger partial charge is 0.292 e. The second-order valence-corrected chi connectivity index (χ2v) is 5.78. The van der Waals surface area contributed by atoms with Gasteiger partial charge in [-0.2, -0.15) is 0 Å². The number of piperazine rings is 1. The average molecular weight is 308 g/mol. The molecule has 1 unspecified atom stereocenters. The van der Waals surface area contributed by atoms with Crippen molar-refractivity contribution in [2.45, 2.75) is 33.2 Å². The number of nitrogens with zero attached hydrogens (tertiary/aromatic N) is 3. The van der Waals surface area contributed by atoms with Crippen molar-refractivity contribution in [3.05, 3.63) is 17.5 Å². The summed E-state index contributed by atoms with van der Waals surface area (Å²) < 4.78 is 5.01. The number of carbonyl (C=O) groups is 2. The molecule has 22 heavy (non-hydrogen) atoms. The van der Waals surface area contributed by atoms with Crippen molar-refractivity contribution in [3.63, 3.8) is 0 Å². The van der Waals surface area contributed by atoms with Crippen LogP contribution in [0, 0.1) is 6.92 Å².